The second-order valence-electron chi connectivity index (χ2n) is 3.91. The number of halogens is 1. The van der Waals surface area contributed by atoms with Gasteiger partial charge in [-0.1, -0.05) is 21.1 Å². The minimum Gasteiger partial charge on any atom is -0.396 e. The van der Waals surface area contributed by atoms with Gasteiger partial charge in [-0.25, -0.2) is 0 Å². The molecule has 0 saturated heterocycles. The van der Waals surface area contributed by atoms with Crippen molar-refractivity contribution in [3.63, 3.8) is 0 Å². The molecule has 0 fully saturated rings. The first-order valence-corrected chi connectivity index (χ1v) is 6.56. The van der Waals surface area contributed by atoms with Gasteiger partial charge in [0.1, 0.15) is 5.69 Å². The standard InChI is InChI=1S/C12H15BrN4O/c13-10-2-4-11(5-3-10)14-8-12-9-17(16-15-12)6-1-7-18/h2-5,9,14,18H,1,6-8H2. The topological polar surface area (TPSA) is 63.0 Å². The first-order valence-electron chi connectivity index (χ1n) is 5.77. The molecule has 0 aliphatic rings. The van der Waals surface area contributed by atoms with Crippen LogP contribution < -0.4 is 5.32 Å². The van der Waals surface area contributed by atoms with Gasteiger partial charge in [0.2, 0.25) is 0 Å². The maximum atomic E-state index is 8.73. The third-order valence-corrected chi connectivity index (χ3v) is 2.98. The van der Waals surface area contributed by atoms with E-state index in [-0.39, 0.29) is 6.61 Å². The minimum absolute atomic E-state index is 0.173. The van der Waals surface area contributed by atoms with E-state index in [2.05, 4.69) is 31.6 Å². The van der Waals surface area contributed by atoms with Crippen molar-refractivity contribution < 1.29 is 5.11 Å². The van der Waals surface area contributed by atoms with E-state index in [9.17, 15) is 0 Å². The van der Waals surface area contributed by atoms with Crippen molar-refractivity contribution in [3.8, 4) is 0 Å². The lowest BCUT2D eigenvalue weighted by molar-refractivity contribution is 0.276. The van der Waals surface area contributed by atoms with Crippen molar-refractivity contribution in [2.75, 3.05) is 11.9 Å². The molecule has 0 unspecified atom stereocenters. The maximum absolute atomic E-state index is 8.73. The molecule has 6 heteroatoms. The third-order valence-electron chi connectivity index (χ3n) is 2.45. The Labute approximate surface area is 114 Å². The third kappa shape index (κ3) is 3.82. The number of aryl methyl sites for hydroxylation is 1. The number of benzene rings is 1. The van der Waals surface area contributed by atoms with Gasteiger partial charge in [-0.05, 0) is 30.7 Å². The molecule has 1 aromatic heterocycles. The van der Waals surface area contributed by atoms with E-state index in [1.54, 1.807) is 4.68 Å². The second-order valence-corrected chi connectivity index (χ2v) is 4.83. The average Bonchev–Trinajstić information content (AvgIpc) is 2.84. The summed E-state index contributed by atoms with van der Waals surface area (Å²) in [6.07, 6.45) is 2.59. The summed E-state index contributed by atoms with van der Waals surface area (Å²) in [5.41, 5.74) is 1.93. The van der Waals surface area contributed by atoms with Crippen molar-refractivity contribution in [2.45, 2.75) is 19.5 Å². The fraction of sp³-hybridized carbons (Fsp3) is 0.333. The van der Waals surface area contributed by atoms with E-state index in [0.717, 1.165) is 15.9 Å². The number of hydrogen-bond donors (Lipinski definition) is 2. The van der Waals surface area contributed by atoms with Crippen LogP contribution in [-0.2, 0) is 13.1 Å². The number of anilines is 1. The van der Waals surface area contributed by atoms with Gasteiger partial charge in [0.05, 0.1) is 12.7 Å². The maximum Gasteiger partial charge on any atom is 0.102 e. The van der Waals surface area contributed by atoms with E-state index < -0.39 is 0 Å². The Morgan fingerprint density at radius 3 is 2.78 bits per heavy atom. The number of aliphatic hydroxyl groups is 1. The predicted molar refractivity (Wildman–Crippen MR) is 73.2 cm³/mol. The molecule has 1 heterocycles. The molecule has 2 rings (SSSR count). The molecule has 0 spiro atoms. The fourth-order valence-corrected chi connectivity index (χ4v) is 1.79. The number of aromatic nitrogens is 3. The van der Waals surface area contributed by atoms with Crippen molar-refractivity contribution in [3.05, 3.63) is 40.6 Å². The highest BCUT2D eigenvalue weighted by Gasteiger charge is 2.00. The Balaban J connectivity index is 1.86. The molecule has 0 saturated carbocycles. The number of aliphatic hydroxyl groups excluding tert-OH is 1. The first-order chi connectivity index (χ1) is 8.78. The van der Waals surface area contributed by atoms with Crippen LogP contribution in [0.2, 0.25) is 0 Å². The highest BCUT2D eigenvalue weighted by molar-refractivity contribution is 9.10. The van der Waals surface area contributed by atoms with Gasteiger partial charge in [0, 0.05) is 23.3 Å². The monoisotopic (exact) mass is 310 g/mol. The average molecular weight is 311 g/mol. The molecule has 0 amide bonds. The normalized spacial score (nSPS) is 10.6. The van der Waals surface area contributed by atoms with Crippen LogP contribution >= 0.6 is 15.9 Å². The van der Waals surface area contributed by atoms with Gasteiger partial charge in [-0.3, -0.25) is 4.68 Å². The summed E-state index contributed by atoms with van der Waals surface area (Å²) in [6, 6.07) is 7.97. The zero-order valence-corrected chi connectivity index (χ0v) is 11.5. The summed E-state index contributed by atoms with van der Waals surface area (Å²) in [5, 5.41) is 20.1. The molecule has 5 nitrogen and oxygen atoms in total. The van der Waals surface area contributed by atoms with E-state index in [1.165, 1.54) is 0 Å². The molecule has 18 heavy (non-hydrogen) atoms. The zero-order valence-electron chi connectivity index (χ0n) is 9.88. The van der Waals surface area contributed by atoms with E-state index in [1.807, 2.05) is 30.5 Å². The van der Waals surface area contributed by atoms with Crippen LogP contribution in [0.25, 0.3) is 0 Å². The highest BCUT2D eigenvalue weighted by atomic mass is 79.9. The number of nitrogens with one attached hydrogen (secondary N) is 1. The summed E-state index contributed by atoms with van der Waals surface area (Å²) in [6.45, 7) is 1.51. The molecular weight excluding hydrogens is 296 g/mol. The molecule has 0 aliphatic heterocycles. The Bertz CT molecular complexity index is 483. The first kappa shape index (κ1) is 13.0. The van der Waals surface area contributed by atoms with Gasteiger partial charge in [0.25, 0.3) is 0 Å². The molecular formula is C12H15BrN4O. The van der Waals surface area contributed by atoms with Gasteiger partial charge >= 0.3 is 0 Å². The summed E-state index contributed by atoms with van der Waals surface area (Å²) in [5.74, 6) is 0. The van der Waals surface area contributed by atoms with Crippen molar-refractivity contribution in [1.29, 1.82) is 0 Å². The molecule has 2 aromatic rings. The zero-order chi connectivity index (χ0) is 12.8. The van der Waals surface area contributed by atoms with Crippen molar-refractivity contribution in [2.24, 2.45) is 0 Å². The second kappa shape index (κ2) is 6.51. The van der Waals surface area contributed by atoms with Crippen LogP contribution in [0.15, 0.2) is 34.9 Å². The van der Waals surface area contributed by atoms with Gasteiger partial charge in [-0.2, -0.15) is 0 Å². The van der Waals surface area contributed by atoms with Gasteiger partial charge < -0.3 is 10.4 Å². The fourth-order valence-electron chi connectivity index (χ4n) is 1.52. The van der Waals surface area contributed by atoms with Crippen LogP contribution in [0.3, 0.4) is 0 Å². The molecule has 0 atom stereocenters. The molecule has 2 N–H and O–H groups in total. The van der Waals surface area contributed by atoms with Crippen LogP contribution in [0.4, 0.5) is 5.69 Å². The Morgan fingerprint density at radius 1 is 1.28 bits per heavy atom. The SMILES string of the molecule is OCCCn1cc(CNc2ccc(Br)cc2)nn1. The van der Waals surface area contributed by atoms with Crippen LogP contribution in [0.5, 0.6) is 0 Å². The van der Waals surface area contributed by atoms with Crippen molar-refractivity contribution in [1.82, 2.24) is 15.0 Å². The van der Waals surface area contributed by atoms with Gasteiger partial charge in [-0.15, -0.1) is 5.10 Å². The quantitative estimate of drug-likeness (QED) is 0.857. The Kier molecular flexibility index (Phi) is 4.72. The number of rotatable bonds is 6. The van der Waals surface area contributed by atoms with E-state index >= 15 is 0 Å². The van der Waals surface area contributed by atoms with E-state index in [0.29, 0.717) is 19.5 Å². The number of hydrogen-bond acceptors (Lipinski definition) is 4. The lowest BCUT2D eigenvalue weighted by Gasteiger charge is -2.03. The summed E-state index contributed by atoms with van der Waals surface area (Å²) in [7, 11) is 0. The van der Waals surface area contributed by atoms with Crippen LogP contribution in [0.1, 0.15) is 12.1 Å². The summed E-state index contributed by atoms with van der Waals surface area (Å²) < 4.78 is 2.80. The minimum atomic E-state index is 0.173. The van der Waals surface area contributed by atoms with Crippen LogP contribution in [-0.4, -0.2) is 26.7 Å². The summed E-state index contributed by atoms with van der Waals surface area (Å²) in [4.78, 5) is 0. The molecule has 96 valence electrons. The van der Waals surface area contributed by atoms with Crippen LogP contribution in [0, 0.1) is 0 Å². The molecule has 0 bridgehead atoms. The molecule has 1 aromatic carbocycles. The van der Waals surface area contributed by atoms with Crippen molar-refractivity contribution >= 4 is 21.6 Å². The predicted octanol–water partition coefficient (Wildman–Crippen LogP) is 2.04. The smallest absolute Gasteiger partial charge is 0.102 e. The lowest BCUT2D eigenvalue weighted by Crippen LogP contribution is -2.01. The van der Waals surface area contributed by atoms with Gasteiger partial charge in [0.15, 0.2) is 0 Å². The Morgan fingerprint density at radius 2 is 2.06 bits per heavy atom. The van der Waals surface area contributed by atoms with E-state index in [4.69, 9.17) is 5.11 Å². The Hall–Kier alpha value is -1.40. The summed E-state index contributed by atoms with van der Waals surface area (Å²) >= 11 is 3.39. The molecule has 0 radical (unpaired) electrons. The molecule has 0 aliphatic carbocycles. The number of nitrogens with zero attached hydrogens (tertiary/aromatic N) is 3. The largest absolute Gasteiger partial charge is 0.396 e. The highest BCUT2D eigenvalue weighted by Crippen LogP contribution is 2.14. The lowest BCUT2D eigenvalue weighted by atomic mass is 10.3.